The summed E-state index contributed by atoms with van der Waals surface area (Å²) in [6, 6.07) is 13.6. The zero-order valence-electron chi connectivity index (χ0n) is 21.8. The molecule has 194 valence electrons. The van der Waals surface area contributed by atoms with Gasteiger partial charge in [-0.05, 0) is 81.4 Å². The van der Waals surface area contributed by atoms with Gasteiger partial charge in [0.25, 0.3) is 11.7 Å². The van der Waals surface area contributed by atoms with Crippen molar-refractivity contribution in [1.82, 2.24) is 9.80 Å². The Balaban J connectivity index is 1.98. The molecular weight excluding hydrogens is 456 g/mol. The van der Waals surface area contributed by atoms with E-state index in [1.54, 1.807) is 29.2 Å². The Hall–Kier alpha value is -3.32. The van der Waals surface area contributed by atoms with Gasteiger partial charge in [0.2, 0.25) is 0 Å². The minimum atomic E-state index is -0.673. The molecule has 3 rings (SSSR count). The maximum absolute atomic E-state index is 13.2. The zero-order chi connectivity index (χ0) is 26.1. The molecule has 2 aromatic rings. The Morgan fingerprint density at radius 1 is 0.917 bits per heavy atom. The summed E-state index contributed by atoms with van der Waals surface area (Å²) in [6.07, 6.45) is 1.63. The Labute approximate surface area is 214 Å². The molecule has 7 nitrogen and oxygen atoms in total. The normalized spacial score (nSPS) is 17.1. The van der Waals surface area contributed by atoms with E-state index in [9.17, 15) is 14.7 Å². The number of carbonyl (C=O) groups excluding carboxylic acids is 2. The topological polar surface area (TPSA) is 79.3 Å². The molecule has 0 bridgehead atoms. The fourth-order valence-corrected chi connectivity index (χ4v) is 4.46. The largest absolute Gasteiger partial charge is 0.507 e. The molecule has 1 aliphatic rings. The van der Waals surface area contributed by atoms with Gasteiger partial charge in [0, 0.05) is 12.1 Å². The maximum Gasteiger partial charge on any atom is 0.295 e. The number of carbonyl (C=O) groups is 2. The number of likely N-dealkylation sites (tertiary alicyclic amines) is 1. The number of ether oxygens (including phenoxy) is 2. The molecule has 1 aliphatic heterocycles. The van der Waals surface area contributed by atoms with E-state index >= 15 is 0 Å². The zero-order valence-corrected chi connectivity index (χ0v) is 21.8. The molecule has 1 heterocycles. The number of ketones is 1. The van der Waals surface area contributed by atoms with Gasteiger partial charge < -0.3 is 24.4 Å². The second kappa shape index (κ2) is 13.1. The lowest BCUT2D eigenvalue weighted by molar-refractivity contribution is -0.140. The van der Waals surface area contributed by atoms with Crippen LogP contribution in [0.2, 0.25) is 0 Å². The molecule has 0 aliphatic carbocycles. The average molecular weight is 495 g/mol. The molecule has 1 saturated heterocycles. The van der Waals surface area contributed by atoms with Gasteiger partial charge in [-0.1, -0.05) is 32.9 Å². The molecular formula is C29H38N2O5. The van der Waals surface area contributed by atoms with Crippen LogP contribution in [0.1, 0.15) is 57.7 Å². The number of aliphatic hydroxyl groups excluding tert-OH is 1. The van der Waals surface area contributed by atoms with Crippen LogP contribution in [0.4, 0.5) is 0 Å². The van der Waals surface area contributed by atoms with Crippen molar-refractivity contribution in [1.29, 1.82) is 0 Å². The predicted molar refractivity (Wildman–Crippen MR) is 141 cm³/mol. The lowest BCUT2D eigenvalue weighted by Crippen LogP contribution is -2.33. The third-order valence-electron chi connectivity index (χ3n) is 6.42. The number of aliphatic hydroxyl groups is 1. The highest BCUT2D eigenvalue weighted by atomic mass is 16.5. The van der Waals surface area contributed by atoms with Crippen molar-refractivity contribution in [3.8, 4) is 11.5 Å². The van der Waals surface area contributed by atoms with Crippen molar-refractivity contribution in [2.24, 2.45) is 0 Å². The highest BCUT2D eigenvalue weighted by Gasteiger charge is 2.45. The summed E-state index contributed by atoms with van der Waals surface area (Å²) in [5, 5.41) is 11.2. The predicted octanol–water partition coefficient (Wildman–Crippen LogP) is 5.03. The molecule has 1 atom stereocenters. The highest BCUT2D eigenvalue weighted by Crippen LogP contribution is 2.40. The van der Waals surface area contributed by atoms with Crippen molar-refractivity contribution in [3.05, 3.63) is 65.2 Å². The summed E-state index contributed by atoms with van der Waals surface area (Å²) >= 11 is 0. The molecule has 1 N–H and O–H groups in total. The summed E-state index contributed by atoms with van der Waals surface area (Å²) in [6.45, 7) is 12.4. The first-order valence-electron chi connectivity index (χ1n) is 12.9. The van der Waals surface area contributed by atoms with Crippen LogP contribution in [-0.4, -0.2) is 66.0 Å². The van der Waals surface area contributed by atoms with Crippen LogP contribution in [0.15, 0.2) is 54.1 Å². The van der Waals surface area contributed by atoms with Crippen molar-refractivity contribution < 1.29 is 24.2 Å². The molecule has 1 fully saturated rings. The van der Waals surface area contributed by atoms with E-state index in [1.807, 2.05) is 38.1 Å². The molecule has 0 radical (unpaired) electrons. The first-order chi connectivity index (χ1) is 17.4. The van der Waals surface area contributed by atoms with E-state index in [0.29, 0.717) is 31.1 Å². The number of Topliss-reactive ketones (excluding diaryl/α,β-unsaturated/α-hetero) is 1. The molecule has 1 amide bonds. The SMILES string of the molecule is CCCOc1ccc([C@H]2/C(=C(\O)c3ccc(OCC)cc3)C(=O)C(=O)N2CCCN(CC)CC)cc1. The van der Waals surface area contributed by atoms with Crippen molar-refractivity contribution in [2.45, 2.75) is 46.6 Å². The molecule has 2 aromatic carbocycles. The van der Waals surface area contributed by atoms with Crippen LogP contribution < -0.4 is 9.47 Å². The molecule has 0 saturated carbocycles. The lowest BCUT2D eigenvalue weighted by Gasteiger charge is -2.27. The van der Waals surface area contributed by atoms with Crippen LogP contribution >= 0.6 is 0 Å². The van der Waals surface area contributed by atoms with Gasteiger partial charge >= 0.3 is 0 Å². The summed E-state index contributed by atoms with van der Waals surface area (Å²) < 4.78 is 11.2. The molecule has 7 heteroatoms. The smallest absolute Gasteiger partial charge is 0.295 e. The summed E-state index contributed by atoms with van der Waals surface area (Å²) in [7, 11) is 0. The average Bonchev–Trinajstić information content (AvgIpc) is 3.15. The quantitative estimate of drug-likeness (QED) is 0.239. The third-order valence-corrected chi connectivity index (χ3v) is 6.42. The van der Waals surface area contributed by atoms with Crippen molar-refractivity contribution >= 4 is 17.4 Å². The number of nitrogens with zero attached hydrogens (tertiary/aromatic N) is 2. The first kappa shape index (κ1) is 27.3. The van der Waals surface area contributed by atoms with Crippen LogP contribution in [0.5, 0.6) is 11.5 Å². The Kier molecular flexibility index (Phi) is 9.94. The maximum atomic E-state index is 13.2. The Bertz CT molecular complexity index is 1040. The van der Waals surface area contributed by atoms with Gasteiger partial charge in [0.15, 0.2) is 0 Å². The minimum absolute atomic E-state index is 0.106. The van der Waals surface area contributed by atoms with Gasteiger partial charge in [0.05, 0.1) is 24.8 Å². The van der Waals surface area contributed by atoms with E-state index < -0.39 is 17.7 Å². The number of hydrogen-bond acceptors (Lipinski definition) is 6. The van der Waals surface area contributed by atoms with Gasteiger partial charge in [-0.2, -0.15) is 0 Å². The van der Waals surface area contributed by atoms with Crippen LogP contribution in [0.3, 0.4) is 0 Å². The third kappa shape index (κ3) is 6.26. The fraction of sp³-hybridized carbons (Fsp3) is 0.448. The summed E-state index contributed by atoms with van der Waals surface area (Å²) in [4.78, 5) is 30.3. The van der Waals surface area contributed by atoms with E-state index in [2.05, 4.69) is 18.7 Å². The van der Waals surface area contributed by atoms with Gasteiger partial charge in [-0.15, -0.1) is 0 Å². The second-order valence-electron chi connectivity index (χ2n) is 8.75. The number of hydrogen-bond donors (Lipinski definition) is 1. The van der Waals surface area contributed by atoms with Crippen LogP contribution in [-0.2, 0) is 9.59 Å². The van der Waals surface area contributed by atoms with Gasteiger partial charge in [0.1, 0.15) is 17.3 Å². The van der Waals surface area contributed by atoms with Crippen LogP contribution in [0.25, 0.3) is 5.76 Å². The number of benzene rings is 2. The minimum Gasteiger partial charge on any atom is -0.507 e. The first-order valence-corrected chi connectivity index (χ1v) is 12.9. The van der Waals surface area contributed by atoms with E-state index in [4.69, 9.17) is 9.47 Å². The Morgan fingerprint density at radius 3 is 2.11 bits per heavy atom. The highest BCUT2D eigenvalue weighted by molar-refractivity contribution is 6.46. The van der Waals surface area contributed by atoms with Crippen molar-refractivity contribution in [2.75, 3.05) is 39.4 Å². The van der Waals surface area contributed by atoms with E-state index in [1.165, 1.54) is 0 Å². The van der Waals surface area contributed by atoms with E-state index in [-0.39, 0.29) is 11.3 Å². The summed E-state index contributed by atoms with van der Waals surface area (Å²) in [5.41, 5.74) is 1.33. The molecule has 0 aromatic heterocycles. The molecule has 0 unspecified atom stereocenters. The van der Waals surface area contributed by atoms with Gasteiger partial charge in [-0.3, -0.25) is 9.59 Å². The monoisotopic (exact) mass is 494 g/mol. The van der Waals surface area contributed by atoms with Crippen molar-refractivity contribution in [3.63, 3.8) is 0 Å². The van der Waals surface area contributed by atoms with E-state index in [0.717, 1.165) is 43.8 Å². The molecule has 36 heavy (non-hydrogen) atoms. The standard InChI is InChI=1S/C29H38N2O5/c1-5-20-36-24-14-10-21(11-15-24)26-25(27(32)22-12-16-23(17-13-22)35-8-4)28(33)29(34)31(26)19-9-18-30(6-2)7-3/h10-17,26,32H,5-9,18-20H2,1-4H3/b27-25+/t26-/m0/s1. The fourth-order valence-electron chi connectivity index (χ4n) is 4.46. The second-order valence-corrected chi connectivity index (χ2v) is 8.75. The summed E-state index contributed by atoms with van der Waals surface area (Å²) in [5.74, 6) is -0.0338. The van der Waals surface area contributed by atoms with Gasteiger partial charge in [-0.25, -0.2) is 0 Å². The number of amides is 1. The number of rotatable bonds is 13. The Morgan fingerprint density at radius 2 is 1.53 bits per heavy atom. The van der Waals surface area contributed by atoms with Crippen LogP contribution in [0, 0.1) is 0 Å². The molecule has 0 spiro atoms. The lowest BCUT2D eigenvalue weighted by atomic mass is 9.95.